The fourth-order valence-electron chi connectivity index (χ4n) is 8.30. The highest BCUT2D eigenvalue weighted by Gasteiger charge is 2.25. The lowest BCUT2D eigenvalue weighted by Crippen LogP contribution is -2.12. The lowest BCUT2D eigenvalue weighted by atomic mass is 9.75. The molecule has 0 radical (unpaired) electrons. The van der Waals surface area contributed by atoms with Crippen LogP contribution in [0.2, 0.25) is 0 Å². The molecule has 1 heteroatoms. The summed E-state index contributed by atoms with van der Waals surface area (Å²) in [6.45, 7) is 0. The molecule has 9 aromatic rings. The van der Waals surface area contributed by atoms with Crippen LogP contribution in [0.4, 0.5) is 0 Å². The van der Waals surface area contributed by atoms with E-state index in [-0.39, 0.29) is 0 Å². The highest BCUT2D eigenvalue weighted by molar-refractivity contribution is 6.09. The zero-order chi connectivity index (χ0) is 33.7. The van der Waals surface area contributed by atoms with Crippen molar-refractivity contribution >= 4 is 21.8 Å². The second kappa shape index (κ2) is 12.2. The van der Waals surface area contributed by atoms with Crippen molar-refractivity contribution in [2.75, 3.05) is 0 Å². The summed E-state index contributed by atoms with van der Waals surface area (Å²) in [5, 5.41) is 2.56. The molecule has 0 saturated heterocycles. The number of aromatic nitrogens is 1. The first kappa shape index (κ1) is 29.5. The van der Waals surface area contributed by atoms with Gasteiger partial charge in [0.05, 0.1) is 11.0 Å². The van der Waals surface area contributed by atoms with Gasteiger partial charge in [0.1, 0.15) is 0 Å². The van der Waals surface area contributed by atoms with Crippen LogP contribution in [0, 0.1) is 0 Å². The Morgan fingerprint density at radius 3 is 1.49 bits per heavy atom. The standard InChI is InChI=1S/C50H35N/c1-2-16-43-41(11-1)33-48(45-18-4-3-17-44(43)45)36-25-23-34(24-26-36)37-12-9-14-39(31-37)40-15-10-13-38(32-40)35-27-29-42(30-28-35)51-49-21-7-5-19-46(49)47-20-6-8-22-50(47)51/h1-32,48H,33H2. The minimum atomic E-state index is 0.357. The number of rotatable bonds is 5. The third-order valence-corrected chi connectivity index (χ3v) is 10.8. The van der Waals surface area contributed by atoms with E-state index in [1.807, 2.05) is 0 Å². The average molecular weight is 650 g/mol. The Bertz CT molecular complexity index is 2660. The molecule has 1 unspecified atom stereocenters. The van der Waals surface area contributed by atoms with Crippen LogP contribution in [0.5, 0.6) is 0 Å². The minimum absolute atomic E-state index is 0.357. The molecule has 1 heterocycles. The van der Waals surface area contributed by atoms with Crippen molar-refractivity contribution in [1.82, 2.24) is 4.57 Å². The fourth-order valence-corrected chi connectivity index (χ4v) is 8.30. The van der Waals surface area contributed by atoms with Crippen LogP contribution in [0.15, 0.2) is 194 Å². The van der Waals surface area contributed by atoms with E-state index in [4.69, 9.17) is 0 Å². The highest BCUT2D eigenvalue weighted by atomic mass is 15.0. The van der Waals surface area contributed by atoms with Crippen LogP contribution in [0.1, 0.15) is 22.6 Å². The van der Waals surface area contributed by atoms with E-state index in [0.29, 0.717) is 5.92 Å². The molecule has 1 nitrogen and oxygen atoms in total. The van der Waals surface area contributed by atoms with Crippen LogP contribution in [0.25, 0.3) is 72.0 Å². The van der Waals surface area contributed by atoms with E-state index in [1.54, 1.807) is 0 Å². The first-order chi connectivity index (χ1) is 25.3. The van der Waals surface area contributed by atoms with Gasteiger partial charge in [0.2, 0.25) is 0 Å². The molecule has 51 heavy (non-hydrogen) atoms. The van der Waals surface area contributed by atoms with Crippen molar-refractivity contribution in [2.24, 2.45) is 0 Å². The average Bonchev–Trinajstić information content (AvgIpc) is 3.55. The summed E-state index contributed by atoms with van der Waals surface area (Å²) in [6.07, 6.45) is 1.03. The molecule has 0 aliphatic heterocycles. The van der Waals surface area contributed by atoms with Gasteiger partial charge in [0, 0.05) is 22.4 Å². The maximum atomic E-state index is 2.37. The number of fused-ring (bicyclic) bond motifs is 6. The molecule has 1 aromatic heterocycles. The van der Waals surface area contributed by atoms with Gasteiger partial charge in [0.25, 0.3) is 0 Å². The summed E-state index contributed by atoms with van der Waals surface area (Å²) >= 11 is 0. The zero-order valence-electron chi connectivity index (χ0n) is 28.2. The van der Waals surface area contributed by atoms with Crippen molar-refractivity contribution < 1.29 is 0 Å². The number of hydrogen-bond acceptors (Lipinski definition) is 0. The lowest BCUT2D eigenvalue weighted by molar-refractivity contribution is 0.794. The highest BCUT2D eigenvalue weighted by Crippen LogP contribution is 2.43. The minimum Gasteiger partial charge on any atom is -0.309 e. The number of benzene rings is 8. The van der Waals surface area contributed by atoms with Crippen molar-refractivity contribution in [3.05, 3.63) is 211 Å². The van der Waals surface area contributed by atoms with Crippen LogP contribution in [-0.2, 0) is 6.42 Å². The molecule has 1 atom stereocenters. The molecule has 0 amide bonds. The fraction of sp³-hybridized carbons (Fsp3) is 0.0400. The van der Waals surface area contributed by atoms with Crippen LogP contribution < -0.4 is 0 Å². The molecular weight excluding hydrogens is 615 g/mol. The van der Waals surface area contributed by atoms with Crippen LogP contribution in [0.3, 0.4) is 0 Å². The van der Waals surface area contributed by atoms with Gasteiger partial charge in [-0.1, -0.05) is 158 Å². The van der Waals surface area contributed by atoms with Crippen molar-refractivity contribution in [3.63, 3.8) is 0 Å². The molecule has 0 fully saturated rings. The van der Waals surface area contributed by atoms with Gasteiger partial charge in [-0.3, -0.25) is 0 Å². The summed E-state index contributed by atoms with van der Waals surface area (Å²) in [5.74, 6) is 0.357. The molecule has 1 aliphatic rings. The molecule has 0 spiro atoms. The maximum Gasteiger partial charge on any atom is 0.0541 e. The van der Waals surface area contributed by atoms with E-state index in [9.17, 15) is 0 Å². The summed E-state index contributed by atoms with van der Waals surface area (Å²) in [4.78, 5) is 0. The first-order valence-electron chi connectivity index (χ1n) is 17.9. The molecular formula is C50H35N. The largest absolute Gasteiger partial charge is 0.309 e. The second-order valence-electron chi connectivity index (χ2n) is 13.7. The van der Waals surface area contributed by atoms with E-state index in [0.717, 1.165) is 6.42 Å². The summed E-state index contributed by atoms with van der Waals surface area (Å²) in [6, 6.07) is 71.3. The van der Waals surface area contributed by atoms with E-state index in [2.05, 4.69) is 199 Å². The van der Waals surface area contributed by atoms with Gasteiger partial charge in [0.15, 0.2) is 0 Å². The van der Waals surface area contributed by atoms with Gasteiger partial charge in [-0.15, -0.1) is 0 Å². The normalized spacial score (nSPS) is 13.6. The Labute approximate surface area is 298 Å². The lowest BCUT2D eigenvalue weighted by Gasteiger charge is -2.28. The van der Waals surface area contributed by atoms with Gasteiger partial charge in [-0.25, -0.2) is 0 Å². The van der Waals surface area contributed by atoms with E-state index in [1.165, 1.54) is 88.7 Å². The van der Waals surface area contributed by atoms with Crippen LogP contribution >= 0.6 is 0 Å². The van der Waals surface area contributed by atoms with Crippen LogP contribution in [-0.4, -0.2) is 4.57 Å². The Balaban J connectivity index is 0.931. The Morgan fingerprint density at radius 1 is 0.373 bits per heavy atom. The van der Waals surface area contributed by atoms with Gasteiger partial charge in [-0.05, 0) is 104 Å². The first-order valence-corrected chi connectivity index (χ1v) is 17.9. The topological polar surface area (TPSA) is 4.93 Å². The quantitative estimate of drug-likeness (QED) is 0.175. The van der Waals surface area contributed by atoms with Gasteiger partial charge in [-0.2, -0.15) is 0 Å². The maximum absolute atomic E-state index is 2.37. The SMILES string of the molecule is c1cc(-c2ccc(C3Cc4ccccc4-c4ccccc43)cc2)cc(-c2cccc(-c3ccc(-n4c5ccccc5c5ccccc54)cc3)c2)c1. The molecule has 8 aromatic carbocycles. The predicted octanol–water partition coefficient (Wildman–Crippen LogP) is 13.1. The van der Waals surface area contributed by atoms with Gasteiger partial charge >= 0.3 is 0 Å². The molecule has 240 valence electrons. The summed E-state index contributed by atoms with van der Waals surface area (Å²) in [5.41, 5.74) is 17.9. The number of nitrogens with zero attached hydrogens (tertiary/aromatic N) is 1. The monoisotopic (exact) mass is 649 g/mol. The number of para-hydroxylation sites is 2. The van der Waals surface area contributed by atoms with Crippen molar-refractivity contribution in [3.8, 4) is 50.2 Å². The Kier molecular flexibility index (Phi) is 7.03. The zero-order valence-corrected chi connectivity index (χ0v) is 28.2. The molecule has 0 bridgehead atoms. The van der Waals surface area contributed by atoms with Crippen molar-refractivity contribution in [2.45, 2.75) is 12.3 Å². The molecule has 10 rings (SSSR count). The Morgan fingerprint density at radius 2 is 0.863 bits per heavy atom. The smallest absolute Gasteiger partial charge is 0.0541 e. The van der Waals surface area contributed by atoms with E-state index < -0.39 is 0 Å². The molecule has 0 saturated carbocycles. The summed E-state index contributed by atoms with van der Waals surface area (Å²) in [7, 11) is 0. The van der Waals surface area contributed by atoms with E-state index >= 15 is 0 Å². The third kappa shape index (κ3) is 5.09. The number of hydrogen-bond donors (Lipinski definition) is 0. The molecule has 1 aliphatic carbocycles. The Hall–Kier alpha value is -6.44. The molecule has 0 N–H and O–H groups in total. The third-order valence-electron chi connectivity index (χ3n) is 10.8. The van der Waals surface area contributed by atoms with Crippen molar-refractivity contribution in [1.29, 1.82) is 0 Å². The van der Waals surface area contributed by atoms with Gasteiger partial charge < -0.3 is 4.57 Å². The second-order valence-corrected chi connectivity index (χ2v) is 13.7. The predicted molar refractivity (Wildman–Crippen MR) is 215 cm³/mol. The summed E-state index contributed by atoms with van der Waals surface area (Å²) < 4.78 is 2.37.